The SMILES string of the molecule is CC(CN)C1CCC(C)(C)C1. The van der Waals surface area contributed by atoms with Gasteiger partial charge in [-0.25, -0.2) is 0 Å². The van der Waals surface area contributed by atoms with Crippen molar-refractivity contribution in [1.82, 2.24) is 0 Å². The Morgan fingerprint density at radius 2 is 2.18 bits per heavy atom. The molecular weight excluding hydrogens is 134 g/mol. The number of nitrogens with two attached hydrogens (primary N) is 1. The molecule has 0 saturated heterocycles. The van der Waals surface area contributed by atoms with Gasteiger partial charge in [0, 0.05) is 0 Å². The van der Waals surface area contributed by atoms with E-state index in [1.54, 1.807) is 0 Å². The third-order valence-corrected chi connectivity index (χ3v) is 3.18. The molecule has 1 nitrogen and oxygen atoms in total. The van der Waals surface area contributed by atoms with Crippen molar-refractivity contribution in [3.63, 3.8) is 0 Å². The summed E-state index contributed by atoms with van der Waals surface area (Å²) < 4.78 is 0. The first-order valence-corrected chi connectivity index (χ1v) is 4.75. The largest absolute Gasteiger partial charge is 0.330 e. The molecule has 0 amide bonds. The molecule has 1 heteroatoms. The molecule has 11 heavy (non-hydrogen) atoms. The summed E-state index contributed by atoms with van der Waals surface area (Å²) in [5.74, 6) is 1.63. The molecule has 0 bridgehead atoms. The lowest BCUT2D eigenvalue weighted by molar-refractivity contribution is 0.314. The zero-order chi connectivity index (χ0) is 8.48. The average Bonchev–Trinajstić information content (AvgIpc) is 2.29. The Bertz CT molecular complexity index is 129. The van der Waals surface area contributed by atoms with Crippen molar-refractivity contribution < 1.29 is 0 Å². The van der Waals surface area contributed by atoms with Gasteiger partial charge in [-0.1, -0.05) is 20.8 Å². The first kappa shape index (κ1) is 9.05. The molecule has 66 valence electrons. The van der Waals surface area contributed by atoms with Gasteiger partial charge >= 0.3 is 0 Å². The quantitative estimate of drug-likeness (QED) is 0.651. The zero-order valence-corrected chi connectivity index (χ0v) is 8.06. The fourth-order valence-corrected chi connectivity index (χ4v) is 2.17. The zero-order valence-electron chi connectivity index (χ0n) is 8.06. The van der Waals surface area contributed by atoms with Gasteiger partial charge in [-0.3, -0.25) is 0 Å². The predicted octanol–water partition coefficient (Wildman–Crippen LogP) is 2.41. The van der Waals surface area contributed by atoms with E-state index in [0.29, 0.717) is 5.41 Å². The molecule has 0 aliphatic heterocycles. The topological polar surface area (TPSA) is 26.0 Å². The molecule has 0 aromatic carbocycles. The second-order valence-corrected chi connectivity index (χ2v) is 4.88. The summed E-state index contributed by atoms with van der Waals surface area (Å²) in [4.78, 5) is 0. The van der Waals surface area contributed by atoms with Crippen LogP contribution in [-0.4, -0.2) is 6.54 Å². The van der Waals surface area contributed by atoms with Crippen LogP contribution in [-0.2, 0) is 0 Å². The molecule has 0 aromatic heterocycles. The van der Waals surface area contributed by atoms with Crippen molar-refractivity contribution >= 4 is 0 Å². The standard InChI is InChI=1S/C10H21N/c1-8(7-11)9-4-5-10(2,3)6-9/h8-9H,4-7,11H2,1-3H3. The third-order valence-electron chi connectivity index (χ3n) is 3.18. The molecule has 0 spiro atoms. The van der Waals surface area contributed by atoms with Gasteiger partial charge in [0.05, 0.1) is 0 Å². The molecule has 2 atom stereocenters. The molecule has 0 radical (unpaired) electrons. The summed E-state index contributed by atoms with van der Waals surface area (Å²) in [6.07, 6.45) is 4.17. The summed E-state index contributed by atoms with van der Waals surface area (Å²) in [7, 11) is 0. The van der Waals surface area contributed by atoms with Crippen LogP contribution in [0.3, 0.4) is 0 Å². The Labute approximate surface area is 70.4 Å². The summed E-state index contributed by atoms with van der Waals surface area (Å²) >= 11 is 0. The molecule has 0 heterocycles. The maximum atomic E-state index is 5.64. The monoisotopic (exact) mass is 155 g/mol. The summed E-state index contributed by atoms with van der Waals surface area (Å²) in [5, 5.41) is 0. The van der Waals surface area contributed by atoms with Crippen LogP contribution in [0.15, 0.2) is 0 Å². The second-order valence-electron chi connectivity index (χ2n) is 4.88. The summed E-state index contributed by atoms with van der Waals surface area (Å²) in [6.45, 7) is 7.89. The van der Waals surface area contributed by atoms with Crippen LogP contribution >= 0.6 is 0 Å². The van der Waals surface area contributed by atoms with Crippen molar-refractivity contribution in [2.45, 2.75) is 40.0 Å². The van der Waals surface area contributed by atoms with Crippen molar-refractivity contribution in [3.8, 4) is 0 Å². The van der Waals surface area contributed by atoms with E-state index >= 15 is 0 Å². The Morgan fingerprint density at radius 1 is 1.55 bits per heavy atom. The summed E-state index contributed by atoms with van der Waals surface area (Å²) in [5.41, 5.74) is 6.23. The normalized spacial score (nSPS) is 32.2. The van der Waals surface area contributed by atoms with E-state index in [-0.39, 0.29) is 0 Å². The van der Waals surface area contributed by atoms with E-state index in [9.17, 15) is 0 Å². The van der Waals surface area contributed by atoms with Crippen molar-refractivity contribution in [3.05, 3.63) is 0 Å². The van der Waals surface area contributed by atoms with Gasteiger partial charge in [0.25, 0.3) is 0 Å². The maximum absolute atomic E-state index is 5.64. The lowest BCUT2D eigenvalue weighted by atomic mass is 9.86. The molecular formula is C10H21N. The Hall–Kier alpha value is -0.0400. The van der Waals surface area contributed by atoms with Crippen molar-refractivity contribution in [1.29, 1.82) is 0 Å². The van der Waals surface area contributed by atoms with Gasteiger partial charge in [0.1, 0.15) is 0 Å². The number of rotatable bonds is 2. The molecule has 1 aliphatic rings. The molecule has 1 fully saturated rings. The Kier molecular flexibility index (Phi) is 2.58. The highest BCUT2D eigenvalue weighted by atomic mass is 14.6. The lowest BCUT2D eigenvalue weighted by Crippen LogP contribution is -2.19. The van der Waals surface area contributed by atoms with Crippen molar-refractivity contribution in [2.75, 3.05) is 6.54 Å². The minimum Gasteiger partial charge on any atom is -0.330 e. The highest BCUT2D eigenvalue weighted by Gasteiger charge is 2.32. The fourth-order valence-electron chi connectivity index (χ4n) is 2.17. The van der Waals surface area contributed by atoms with Gasteiger partial charge < -0.3 is 5.73 Å². The lowest BCUT2D eigenvalue weighted by Gasteiger charge is -2.20. The molecule has 2 unspecified atom stereocenters. The Morgan fingerprint density at radius 3 is 2.55 bits per heavy atom. The maximum Gasteiger partial charge on any atom is -0.00489 e. The Balaban J connectivity index is 2.41. The van der Waals surface area contributed by atoms with Crippen LogP contribution in [0.4, 0.5) is 0 Å². The predicted molar refractivity (Wildman–Crippen MR) is 49.3 cm³/mol. The van der Waals surface area contributed by atoms with E-state index in [0.717, 1.165) is 18.4 Å². The van der Waals surface area contributed by atoms with E-state index in [4.69, 9.17) is 5.73 Å². The van der Waals surface area contributed by atoms with Crippen LogP contribution in [0.5, 0.6) is 0 Å². The van der Waals surface area contributed by atoms with Crippen LogP contribution in [0.2, 0.25) is 0 Å². The van der Waals surface area contributed by atoms with Crippen LogP contribution in [0.1, 0.15) is 40.0 Å². The van der Waals surface area contributed by atoms with E-state index in [1.165, 1.54) is 19.3 Å². The molecule has 1 rings (SSSR count). The minimum absolute atomic E-state index is 0.591. The van der Waals surface area contributed by atoms with Crippen LogP contribution < -0.4 is 5.73 Å². The second kappa shape index (κ2) is 3.14. The van der Waals surface area contributed by atoms with Gasteiger partial charge in [-0.05, 0) is 43.1 Å². The highest BCUT2D eigenvalue weighted by Crippen LogP contribution is 2.43. The first-order chi connectivity index (χ1) is 5.05. The summed E-state index contributed by atoms with van der Waals surface area (Å²) in [6, 6.07) is 0. The molecule has 1 aliphatic carbocycles. The molecule has 2 N–H and O–H groups in total. The van der Waals surface area contributed by atoms with E-state index in [2.05, 4.69) is 20.8 Å². The van der Waals surface area contributed by atoms with Crippen LogP contribution in [0, 0.1) is 17.3 Å². The van der Waals surface area contributed by atoms with Crippen LogP contribution in [0.25, 0.3) is 0 Å². The first-order valence-electron chi connectivity index (χ1n) is 4.75. The van der Waals surface area contributed by atoms with Crippen molar-refractivity contribution in [2.24, 2.45) is 23.0 Å². The van der Waals surface area contributed by atoms with Gasteiger partial charge in [0.15, 0.2) is 0 Å². The number of hydrogen-bond acceptors (Lipinski definition) is 1. The van der Waals surface area contributed by atoms with E-state index < -0.39 is 0 Å². The minimum atomic E-state index is 0.591. The number of hydrogen-bond donors (Lipinski definition) is 1. The van der Waals surface area contributed by atoms with Gasteiger partial charge in [-0.2, -0.15) is 0 Å². The van der Waals surface area contributed by atoms with E-state index in [1.807, 2.05) is 0 Å². The average molecular weight is 155 g/mol. The smallest absolute Gasteiger partial charge is 0.00489 e. The van der Waals surface area contributed by atoms with Gasteiger partial charge in [-0.15, -0.1) is 0 Å². The van der Waals surface area contributed by atoms with Gasteiger partial charge in [0.2, 0.25) is 0 Å². The molecule has 0 aromatic rings. The highest BCUT2D eigenvalue weighted by molar-refractivity contribution is 4.84. The fraction of sp³-hybridized carbons (Fsp3) is 1.00. The molecule has 1 saturated carbocycles. The third kappa shape index (κ3) is 2.19.